The zero-order valence-corrected chi connectivity index (χ0v) is 13.9. The molecule has 3 saturated carbocycles. The standard InChI is InChI=1S/C20H34/c1-4-7-16-14(5-2)9-11-20-18-10-8-15(6-3)17(18)12-13-19(16)20/h6,14,16-20H,4-5,7-13H2,1-3H3/b15-6-. The van der Waals surface area contributed by atoms with E-state index in [4.69, 9.17) is 0 Å². The maximum atomic E-state index is 2.45. The molecule has 3 aliphatic rings. The molecule has 0 nitrogen and oxygen atoms in total. The molecule has 0 heteroatoms. The van der Waals surface area contributed by atoms with Crippen LogP contribution in [0.1, 0.15) is 78.6 Å². The highest BCUT2D eigenvalue weighted by molar-refractivity contribution is 5.16. The van der Waals surface area contributed by atoms with Crippen LogP contribution in [-0.4, -0.2) is 0 Å². The third-order valence-electron chi connectivity index (χ3n) is 7.21. The van der Waals surface area contributed by atoms with E-state index in [1.54, 1.807) is 12.8 Å². The van der Waals surface area contributed by atoms with Crippen LogP contribution in [0.3, 0.4) is 0 Å². The largest absolute Gasteiger partial charge is 0.0882 e. The summed E-state index contributed by atoms with van der Waals surface area (Å²) in [5.74, 6) is 6.35. The maximum absolute atomic E-state index is 2.45. The molecule has 0 heterocycles. The Balaban J connectivity index is 1.78. The summed E-state index contributed by atoms with van der Waals surface area (Å²) in [5, 5.41) is 0. The lowest BCUT2D eigenvalue weighted by Gasteiger charge is -2.50. The second-order valence-corrected chi connectivity index (χ2v) is 7.78. The van der Waals surface area contributed by atoms with Gasteiger partial charge in [0.2, 0.25) is 0 Å². The van der Waals surface area contributed by atoms with Gasteiger partial charge in [0.25, 0.3) is 0 Å². The Morgan fingerprint density at radius 3 is 2.45 bits per heavy atom. The van der Waals surface area contributed by atoms with Gasteiger partial charge in [0.05, 0.1) is 0 Å². The number of fused-ring (bicyclic) bond motifs is 3. The minimum absolute atomic E-state index is 0.988. The van der Waals surface area contributed by atoms with Gasteiger partial charge in [-0.05, 0) is 81.0 Å². The van der Waals surface area contributed by atoms with E-state index >= 15 is 0 Å². The van der Waals surface area contributed by atoms with Crippen LogP contribution in [0.4, 0.5) is 0 Å². The molecule has 114 valence electrons. The molecule has 0 saturated heterocycles. The van der Waals surface area contributed by atoms with Crippen molar-refractivity contribution in [3.8, 4) is 0 Å². The number of rotatable bonds is 3. The highest BCUT2D eigenvalue weighted by Crippen LogP contribution is 2.57. The van der Waals surface area contributed by atoms with Gasteiger partial charge in [0.15, 0.2) is 0 Å². The summed E-state index contributed by atoms with van der Waals surface area (Å²) in [6, 6.07) is 0. The van der Waals surface area contributed by atoms with Crippen LogP contribution in [0.15, 0.2) is 11.6 Å². The molecule has 0 spiro atoms. The van der Waals surface area contributed by atoms with Gasteiger partial charge in [-0.3, -0.25) is 0 Å². The lowest BCUT2D eigenvalue weighted by atomic mass is 9.55. The van der Waals surface area contributed by atoms with Crippen LogP contribution < -0.4 is 0 Å². The monoisotopic (exact) mass is 274 g/mol. The minimum Gasteiger partial charge on any atom is -0.0882 e. The predicted octanol–water partition coefficient (Wildman–Crippen LogP) is 6.22. The first kappa shape index (κ1) is 14.7. The fraction of sp³-hybridized carbons (Fsp3) is 0.900. The van der Waals surface area contributed by atoms with Crippen molar-refractivity contribution in [2.45, 2.75) is 78.6 Å². The van der Waals surface area contributed by atoms with Crippen molar-refractivity contribution in [1.29, 1.82) is 0 Å². The molecule has 0 N–H and O–H groups in total. The Bertz CT molecular complexity index is 353. The second-order valence-electron chi connectivity index (χ2n) is 7.78. The topological polar surface area (TPSA) is 0 Å². The van der Waals surface area contributed by atoms with Gasteiger partial charge in [-0.1, -0.05) is 44.8 Å². The van der Waals surface area contributed by atoms with Crippen molar-refractivity contribution in [1.82, 2.24) is 0 Å². The van der Waals surface area contributed by atoms with Crippen molar-refractivity contribution >= 4 is 0 Å². The Morgan fingerprint density at radius 1 is 0.950 bits per heavy atom. The molecule has 0 radical (unpaired) electrons. The van der Waals surface area contributed by atoms with Gasteiger partial charge >= 0.3 is 0 Å². The third-order valence-corrected chi connectivity index (χ3v) is 7.21. The summed E-state index contributed by atoms with van der Waals surface area (Å²) in [7, 11) is 0. The SMILES string of the molecule is C/C=C1/CCC2C1CCC1C(CCC)C(CC)CCC21. The van der Waals surface area contributed by atoms with Gasteiger partial charge < -0.3 is 0 Å². The quantitative estimate of drug-likeness (QED) is 0.536. The van der Waals surface area contributed by atoms with Gasteiger partial charge in [-0.25, -0.2) is 0 Å². The zero-order valence-electron chi connectivity index (χ0n) is 13.9. The summed E-state index contributed by atoms with van der Waals surface area (Å²) in [6.07, 6.45) is 15.9. The van der Waals surface area contributed by atoms with E-state index in [9.17, 15) is 0 Å². The molecular formula is C20H34. The Kier molecular flexibility index (Phi) is 4.58. The van der Waals surface area contributed by atoms with Gasteiger partial charge in [0, 0.05) is 0 Å². The van der Waals surface area contributed by atoms with E-state index in [0.717, 1.165) is 35.5 Å². The van der Waals surface area contributed by atoms with Crippen molar-refractivity contribution < 1.29 is 0 Å². The molecular weight excluding hydrogens is 240 g/mol. The fourth-order valence-corrected chi connectivity index (χ4v) is 6.39. The lowest BCUT2D eigenvalue weighted by molar-refractivity contribution is -0.00135. The number of hydrogen-bond donors (Lipinski definition) is 0. The molecule has 0 aromatic heterocycles. The van der Waals surface area contributed by atoms with E-state index in [-0.39, 0.29) is 0 Å². The first-order valence-corrected chi connectivity index (χ1v) is 9.45. The molecule has 0 bridgehead atoms. The Hall–Kier alpha value is -0.260. The predicted molar refractivity (Wildman–Crippen MR) is 87.6 cm³/mol. The molecule has 0 amide bonds. The van der Waals surface area contributed by atoms with Crippen LogP contribution >= 0.6 is 0 Å². The summed E-state index contributed by atoms with van der Waals surface area (Å²) >= 11 is 0. The molecule has 0 aromatic carbocycles. The van der Waals surface area contributed by atoms with Crippen LogP contribution in [0.25, 0.3) is 0 Å². The van der Waals surface area contributed by atoms with E-state index in [2.05, 4.69) is 26.8 Å². The summed E-state index contributed by atoms with van der Waals surface area (Å²) in [6.45, 7) is 7.11. The summed E-state index contributed by atoms with van der Waals surface area (Å²) < 4.78 is 0. The average Bonchev–Trinajstić information content (AvgIpc) is 2.91. The third kappa shape index (κ3) is 2.38. The van der Waals surface area contributed by atoms with E-state index in [1.165, 1.54) is 44.9 Å². The van der Waals surface area contributed by atoms with Crippen LogP contribution in [0.5, 0.6) is 0 Å². The smallest absolute Gasteiger partial charge is 0.0172 e. The first-order valence-electron chi connectivity index (χ1n) is 9.45. The van der Waals surface area contributed by atoms with Gasteiger partial charge in [-0.2, -0.15) is 0 Å². The molecule has 0 aromatic rings. The molecule has 20 heavy (non-hydrogen) atoms. The summed E-state index contributed by atoms with van der Waals surface area (Å²) in [4.78, 5) is 0. The van der Waals surface area contributed by atoms with Crippen LogP contribution in [0, 0.1) is 35.5 Å². The highest BCUT2D eigenvalue weighted by atomic mass is 14.5. The molecule has 3 rings (SSSR count). The normalized spacial score (nSPS) is 46.2. The number of allylic oxidation sites excluding steroid dienone is 2. The Labute approximate surface area is 126 Å². The number of hydrogen-bond acceptors (Lipinski definition) is 0. The lowest BCUT2D eigenvalue weighted by Crippen LogP contribution is -2.42. The zero-order chi connectivity index (χ0) is 14.1. The van der Waals surface area contributed by atoms with Crippen molar-refractivity contribution in [2.24, 2.45) is 35.5 Å². The van der Waals surface area contributed by atoms with Gasteiger partial charge in [-0.15, -0.1) is 0 Å². The van der Waals surface area contributed by atoms with Crippen molar-refractivity contribution in [3.63, 3.8) is 0 Å². The van der Waals surface area contributed by atoms with E-state index in [0.29, 0.717) is 0 Å². The Morgan fingerprint density at radius 2 is 1.75 bits per heavy atom. The second kappa shape index (κ2) is 6.24. The van der Waals surface area contributed by atoms with Crippen LogP contribution in [0.2, 0.25) is 0 Å². The summed E-state index contributed by atoms with van der Waals surface area (Å²) in [5.41, 5.74) is 1.82. The van der Waals surface area contributed by atoms with Crippen molar-refractivity contribution in [3.05, 3.63) is 11.6 Å². The van der Waals surface area contributed by atoms with Crippen LogP contribution in [-0.2, 0) is 0 Å². The van der Waals surface area contributed by atoms with E-state index in [1.807, 2.05) is 5.57 Å². The average molecular weight is 274 g/mol. The minimum atomic E-state index is 0.988. The molecule has 6 atom stereocenters. The molecule has 3 aliphatic carbocycles. The maximum Gasteiger partial charge on any atom is -0.0172 e. The first-order chi connectivity index (χ1) is 9.80. The fourth-order valence-electron chi connectivity index (χ4n) is 6.39. The molecule has 0 aliphatic heterocycles. The molecule has 3 fully saturated rings. The highest BCUT2D eigenvalue weighted by Gasteiger charge is 2.48. The van der Waals surface area contributed by atoms with E-state index < -0.39 is 0 Å². The van der Waals surface area contributed by atoms with Gasteiger partial charge in [0.1, 0.15) is 0 Å². The van der Waals surface area contributed by atoms with Crippen molar-refractivity contribution in [2.75, 3.05) is 0 Å². The molecule has 6 unspecified atom stereocenters.